The van der Waals surface area contributed by atoms with Crippen molar-refractivity contribution in [3.8, 4) is 0 Å². The fourth-order valence-corrected chi connectivity index (χ4v) is 1.95. The number of anilines is 1. The maximum atomic E-state index is 11.5. The van der Waals surface area contributed by atoms with Crippen LogP contribution >= 0.6 is 0 Å². The van der Waals surface area contributed by atoms with Gasteiger partial charge in [0.25, 0.3) is 0 Å². The van der Waals surface area contributed by atoms with Crippen LogP contribution in [0.2, 0.25) is 0 Å². The van der Waals surface area contributed by atoms with E-state index in [9.17, 15) is 4.79 Å². The molecule has 4 heteroatoms. The summed E-state index contributed by atoms with van der Waals surface area (Å²) in [5.41, 5.74) is 1.36. The van der Waals surface area contributed by atoms with Crippen molar-refractivity contribution >= 4 is 11.7 Å². The van der Waals surface area contributed by atoms with Crippen LogP contribution in [0.4, 0.5) is 5.69 Å². The average molecular weight is 235 g/mol. The van der Waals surface area contributed by atoms with Crippen LogP contribution in [0, 0.1) is 0 Å². The van der Waals surface area contributed by atoms with Crippen molar-refractivity contribution in [1.82, 2.24) is 0 Å². The molecule has 1 aliphatic heterocycles. The van der Waals surface area contributed by atoms with Crippen LogP contribution in [0.15, 0.2) is 24.3 Å². The van der Waals surface area contributed by atoms with Gasteiger partial charge < -0.3 is 14.8 Å². The highest BCUT2D eigenvalue weighted by Gasteiger charge is 2.16. The van der Waals surface area contributed by atoms with Crippen LogP contribution in [0.3, 0.4) is 0 Å². The zero-order chi connectivity index (χ0) is 12.1. The fraction of sp³-hybridized carbons (Fsp3) is 0.462. The Morgan fingerprint density at radius 1 is 1.53 bits per heavy atom. The molecule has 1 N–H and O–H groups in total. The molecule has 1 unspecified atom stereocenters. The van der Waals surface area contributed by atoms with Gasteiger partial charge in [-0.15, -0.1) is 0 Å². The van der Waals surface area contributed by atoms with Gasteiger partial charge in [0.05, 0.1) is 18.8 Å². The van der Waals surface area contributed by atoms with E-state index in [4.69, 9.17) is 9.47 Å². The second kappa shape index (κ2) is 5.68. The van der Waals surface area contributed by atoms with Crippen molar-refractivity contribution in [2.24, 2.45) is 0 Å². The molecule has 1 atom stereocenters. The Balaban J connectivity index is 2.01. The lowest BCUT2D eigenvalue weighted by Crippen LogP contribution is -2.19. The van der Waals surface area contributed by atoms with Gasteiger partial charge in [0.15, 0.2) is 0 Å². The first kappa shape index (κ1) is 11.9. The minimum absolute atomic E-state index is 0.251. The van der Waals surface area contributed by atoms with Crippen LogP contribution in [0.1, 0.15) is 23.2 Å². The summed E-state index contributed by atoms with van der Waals surface area (Å²) in [6.07, 6.45) is 2.44. The lowest BCUT2D eigenvalue weighted by Gasteiger charge is -2.14. The summed E-state index contributed by atoms with van der Waals surface area (Å²) in [5, 5.41) is 3.24. The number of ether oxygens (including phenoxy) is 2. The van der Waals surface area contributed by atoms with Crippen molar-refractivity contribution in [3.63, 3.8) is 0 Å². The van der Waals surface area contributed by atoms with Gasteiger partial charge in [-0.1, -0.05) is 12.1 Å². The van der Waals surface area contributed by atoms with Crippen molar-refractivity contribution in [2.75, 3.05) is 25.6 Å². The molecule has 1 heterocycles. The summed E-state index contributed by atoms with van der Waals surface area (Å²) < 4.78 is 10.3. The summed E-state index contributed by atoms with van der Waals surface area (Å²) in [6, 6.07) is 7.35. The fourth-order valence-electron chi connectivity index (χ4n) is 1.95. The van der Waals surface area contributed by atoms with Gasteiger partial charge in [-0.25, -0.2) is 4.79 Å². The number of methoxy groups -OCH3 is 1. The number of rotatable bonds is 4. The molecular formula is C13H17NO3. The number of para-hydroxylation sites is 1. The first-order chi connectivity index (χ1) is 8.31. The minimum atomic E-state index is -0.319. The second-order valence-electron chi connectivity index (χ2n) is 4.05. The molecule has 0 saturated carbocycles. The molecular weight excluding hydrogens is 218 g/mol. The van der Waals surface area contributed by atoms with Crippen LogP contribution in [0.5, 0.6) is 0 Å². The number of esters is 1. The molecule has 0 radical (unpaired) electrons. The van der Waals surface area contributed by atoms with E-state index in [1.165, 1.54) is 7.11 Å². The third-order valence-electron chi connectivity index (χ3n) is 2.88. The van der Waals surface area contributed by atoms with E-state index in [1.807, 2.05) is 18.2 Å². The SMILES string of the molecule is COC(=O)c1ccccc1NCC1CCCO1. The lowest BCUT2D eigenvalue weighted by molar-refractivity contribution is 0.0601. The minimum Gasteiger partial charge on any atom is -0.465 e. The van der Waals surface area contributed by atoms with Gasteiger partial charge in [-0.05, 0) is 25.0 Å². The number of nitrogens with one attached hydrogen (secondary N) is 1. The summed E-state index contributed by atoms with van der Waals surface area (Å²) >= 11 is 0. The topological polar surface area (TPSA) is 47.6 Å². The Bertz CT molecular complexity index is 386. The van der Waals surface area contributed by atoms with Gasteiger partial charge in [-0.3, -0.25) is 0 Å². The molecule has 0 aromatic heterocycles. The van der Waals surface area contributed by atoms with Gasteiger partial charge in [0.1, 0.15) is 0 Å². The molecule has 92 valence electrons. The molecule has 17 heavy (non-hydrogen) atoms. The Morgan fingerprint density at radius 2 is 2.35 bits per heavy atom. The van der Waals surface area contributed by atoms with E-state index in [2.05, 4.69) is 5.32 Å². The van der Waals surface area contributed by atoms with Crippen LogP contribution in [0.25, 0.3) is 0 Å². The zero-order valence-corrected chi connectivity index (χ0v) is 9.94. The summed E-state index contributed by atoms with van der Waals surface area (Å²) in [6.45, 7) is 1.57. The molecule has 1 fully saturated rings. The highest BCUT2D eigenvalue weighted by atomic mass is 16.5. The molecule has 0 amide bonds. The highest BCUT2D eigenvalue weighted by Crippen LogP contribution is 2.18. The molecule has 1 saturated heterocycles. The van der Waals surface area contributed by atoms with E-state index in [0.717, 1.165) is 31.7 Å². The van der Waals surface area contributed by atoms with E-state index in [1.54, 1.807) is 6.07 Å². The van der Waals surface area contributed by atoms with Crippen molar-refractivity contribution < 1.29 is 14.3 Å². The molecule has 0 aliphatic carbocycles. The van der Waals surface area contributed by atoms with Gasteiger partial charge in [-0.2, -0.15) is 0 Å². The van der Waals surface area contributed by atoms with E-state index in [-0.39, 0.29) is 12.1 Å². The van der Waals surface area contributed by atoms with Gasteiger partial charge in [0.2, 0.25) is 0 Å². The summed E-state index contributed by atoms with van der Waals surface area (Å²) in [5.74, 6) is -0.319. The van der Waals surface area contributed by atoms with Crippen molar-refractivity contribution in [1.29, 1.82) is 0 Å². The molecule has 1 aliphatic rings. The normalized spacial score (nSPS) is 19.0. The van der Waals surface area contributed by atoms with E-state index < -0.39 is 0 Å². The first-order valence-electron chi connectivity index (χ1n) is 5.84. The molecule has 1 aromatic rings. The summed E-state index contributed by atoms with van der Waals surface area (Å²) in [4.78, 5) is 11.5. The number of benzene rings is 1. The van der Waals surface area contributed by atoms with Crippen LogP contribution < -0.4 is 5.32 Å². The van der Waals surface area contributed by atoms with E-state index >= 15 is 0 Å². The zero-order valence-electron chi connectivity index (χ0n) is 9.94. The van der Waals surface area contributed by atoms with Crippen LogP contribution in [-0.2, 0) is 9.47 Å². The predicted octanol–water partition coefficient (Wildman–Crippen LogP) is 2.06. The molecule has 0 spiro atoms. The summed E-state index contributed by atoms with van der Waals surface area (Å²) in [7, 11) is 1.39. The van der Waals surface area contributed by atoms with Crippen LogP contribution in [-0.4, -0.2) is 32.3 Å². The van der Waals surface area contributed by atoms with Gasteiger partial charge >= 0.3 is 5.97 Å². The standard InChI is InChI=1S/C13H17NO3/c1-16-13(15)11-6-2-3-7-12(11)14-9-10-5-4-8-17-10/h2-3,6-7,10,14H,4-5,8-9H2,1H3. The highest BCUT2D eigenvalue weighted by molar-refractivity contribution is 5.95. The molecule has 2 rings (SSSR count). The van der Waals surface area contributed by atoms with Crippen molar-refractivity contribution in [2.45, 2.75) is 18.9 Å². The Kier molecular flexibility index (Phi) is 3.98. The third kappa shape index (κ3) is 2.97. The monoisotopic (exact) mass is 235 g/mol. The number of carbonyl (C=O) groups is 1. The molecule has 4 nitrogen and oxygen atoms in total. The Hall–Kier alpha value is -1.55. The third-order valence-corrected chi connectivity index (χ3v) is 2.88. The second-order valence-corrected chi connectivity index (χ2v) is 4.05. The van der Waals surface area contributed by atoms with E-state index in [0.29, 0.717) is 5.56 Å². The van der Waals surface area contributed by atoms with Gasteiger partial charge in [0, 0.05) is 18.8 Å². The number of carbonyl (C=O) groups excluding carboxylic acids is 1. The largest absolute Gasteiger partial charge is 0.465 e. The Labute approximate surface area is 101 Å². The maximum absolute atomic E-state index is 11.5. The molecule has 1 aromatic carbocycles. The lowest BCUT2D eigenvalue weighted by atomic mass is 10.1. The quantitative estimate of drug-likeness (QED) is 0.811. The Morgan fingerprint density at radius 3 is 3.06 bits per heavy atom. The molecule has 0 bridgehead atoms. The van der Waals surface area contributed by atoms with Crippen molar-refractivity contribution in [3.05, 3.63) is 29.8 Å². The number of hydrogen-bond donors (Lipinski definition) is 1. The maximum Gasteiger partial charge on any atom is 0.339 e. The smallest absolute Gasteiger partial charge is 0.339 e. The average Bonchev–Trinajstić information content (AvgIpc) is 2.89. The first-order valence-corrected chi connectivity index (χ1v) is 5.84. The number of hydrogen-bond acceptors (Lipinski definition) is 4. The predicted molar refractivity (Wildman–Crippen MR) is 65.2 cm³/mol.